The van der Waals surface area contributed by atoms with Crippen LogP contribution in [-0.4, -0.2) is 0 Å². The zero-order valence-electron chi connectivity index (χ0n) is 8.02. The van der Waals surface area contributed by atoms with Gasteiger partial charge in [0, 0.05) is 6.42 Å². The molecule has 0 atom stereocenters. The number of allylic oxidation sites excluding steroid dienone is 8. The maximum Gasteiger partial charge on any atom is 0.00474 e. The van der Waals surface area contributed by atoms with Crippen molar-refractivity contribution < 1.29 is 0 Å². The number of rotatable bonds is 0. The molecule has 0 aromatic carbocycles. The Bertz CT molecular complexity index is 216. The molecule has 13 heavy (non-hydrogen) atoms. The van der Waals surface area contributed by atoms with Crippen molar-refractivity contribution in [3.63, 3.8) is 0 Å². The third kappa shape index (κ3) is 6.15. The van der Waals surface area contributed by atoms with E-state index in [0.717, 1.165) is 6.42 Å². The molecule has 1 aliphatic rings. The van der Waals surface area contributed by atoms with Crippen molar-refractivity contribution in [2.45, 2.75) is 25.7 Å². The lowest BCUT2D eigenvalue weighted by molar-refractivity contribution is 0.866. The quantitative estimate of drug-likeness (QED) is 0.486. The average Bonchev–Trinajstić information content (AvgIpc) is 2.18. The van der Waals surface area contributed by atoms with Crippen molar-refractivity contribution >= 4 is 0 Å². The van der Waals surface area contributed by atoms with Gasteiger partial charge in [-0.15, -0.1) is 0 Å². The summed E-state index contributed by atoms with van der Waals surface area (Å²) in [5.74, 6) is 0. The molecule has 0 saturated carbocycles. The van der Waals surface area contributed by atoms with E-state index in [1.807, 2.05) is 0 Å². The summed E-state index contributed by atoms with van der Waals surface area (Å²) < 4.78 is 0. The monoisotopic (exact) mass is 173 g/mol. The van der Waals surface area contributed by atoms with Gasteiger partial charge in [-0.25, -0.2) is 0 Å². The van der Waals surface area contributed by atoms with Gasteiger partial charge in [0.2, 0.25) is 0 Å². The summed E-state index contributed by atoms with van der Waals surface area (Å²) >= 11 is 0. The van der Waals surface area contributed by atoms with E-state index in [9.17, 15) is 0 Å². The molecule has 1 aliphatic carbocycles. The van der Waals surface area contributed by atoms with Crippen molar-refractivity contribution in [3.05, 3.63) is 55.0 Å². The summed E-state index contributed by atoms with van der Waals surface area (Å²) in [4.78, 5) is 0. The second kappa shape index (κ2) is 7.60. The van der Waals surface area contributed by atoms with Crippen LogP contribution in [0.1, 0.15) is 25.7 Å². The molecule has 0 aliphatic heterocycles. The van der Waals surface area contributed by atoms with Crippen LogP contribution < -0.4 is 0 Å². The van der Waals surface area contributed by atoms with Gasteiger partial charge in [0.25, 0.3) is 0 Å². The van der Waals surface area contributed by atoms with Gasteiger partial charge >= 0.3 is 0 Å². The lowest BCUT2D eigenvalue weighted by Gasteiger charge is -1.88. The van der Waals surface area contributed by atoms with Gasteiger partial charge in [0.05, 0.1) is 0 Å². The third-order valence-corrected chi connectivity index (χ3v) is 1.90. The van der Waals surface area contributed by atoms with Crippen LogP contribution in [0.15, 0.2) is 48.6 Å². The predicted octanol–water partition coefficient (Wildman–Crippen LogP) is 3.99. The molecule has 0 fully saturated rings. The largest absolute Gasteiger partial charge is 0.0882 e. The van der Waals surface area contributed by atoms with Crippen molar-refractivity contribution in [3.8, 4) is 0 Å². The molecule has 0 bridgehead atoms. The van der Waals surface area contributed by atoms with Gasteiger partial charge in [-0.3, -0.25) is 0 Å². The molecule has 1 rings (SSSR count). The van der Waals surface area contributed by atoms with Crippen LogP contribution in [-0.2, 0) is 0 Å². The first-order valence-corrected chi connectivity index (χ1v) is 4.97. The van der Waals surface area contributed by atoms with Crippen LogP contribution in [0.4, 0.5) is 0 Å². The van der Waals surface area contributed by atoms with Crippen molar-refractivity contribution in [2.24, 2.45) is 0 Å². The van der Waals surface area contributed by atoms with Gasteiger partial charge in [-0.1, -0.05) is 48.6 Å². The van der Waals surface area contributed by atoms with Gasteiger partial charge < -0.3 is 0 Å². The Morgan fingerprint density at radius 1 is 0.615 bits per heavy atom. The summed E-state index contributed by atoms with van der Waals surface area (Å²) in [5, 5.41) is 0. The molecule has 69 valence electrons. The molecule has 0 heterocycles. The molecular weight excluding hydrogens is 156 g/mol. The highest BCUT2D eigenvalue weighted by Crippen LogP contribution is 2.00. The first-order chi connectivity index (χ1) is 6.50. The molecule has 0 aromatic heterocycles. The maximum absolute atomic E-state index is 2.27. The first kappa shape index (κ1) is 10.0. The number of hydrogen-bond donors (Lipinski definition) is 0. The summed E-state index contributed by atoms with van der Waals surface area (Å²) in [6.07, 6.45) is 24.0. The summed E-state index contributed by atoms with van der Waals surface area (Å²) in [7, 11) is 0. The van der Waals surface area contributed by atoms with Gasteiger partial charge in [-0.05, 0) is 25.7 Å². The first-order valence-electron chi connectivity index (χ1n) is 4.97. The Labute approximate surface area is 81.4 Å². The summed E-state index contributed by atoms with van der Waals surface area (Å²) in [6.45, 7) is 0. The molecule has 0 heteroatoms. The molecule has 0 nitrogen and oxygen atoms in total. The molecular formula is C13H17. The van der Waals surface area contributed by atoms with Crippen LogP contribution in [0.3, 0.4) is 0 Å². The second-order valence-electron chi connectivity index (χ2n) is 3.07. The highest BCUT2D eigenvalue weighted by Gasteiger charge is 1.80. The second-order valence-corrected chi connectivity index (χ2v) is 3.07. The van der Waals surface area contributed by atoms with E-state index in [1.165, 1.54) is 19.3 Å². The molecule has 1 radical (unpaired) electrons. The number of hydrogen-bond acceptors (Lipinski definition) is 0. The topological polar surface area (TPSA) is 0 Å². The van der Waals surface area contributed by atoms with Crippen molar-refractivity contribution in [1.29, 1.82) is 0 Å². The Hall–Kier alpha value is -1.04. The maximum atomic E-state index is 2.27. The van der Waals surface area contributed by atoms with Gasteiger partial charge in [-0.2, -0.15) is 0 Å². The Balaban J connectivity index is 2.38. The van der Waals surface area contributed by atoms with E-state index in [0.29, 0.717) is 0 Å². The molecule has 0 saturated heterocycles. The minimum atomic E-state index is 1.05. The third-order valence-electron chi connectivity index (χ3n) is 1.90. The Kier molecular flexibility index (Phi) is 5.87. The summed E-state index contributed by atoms with van der Waals surface area (Å²) in [6, 6.07) is 0. The highest BCUT2D eigenvalue weighted by atomic mass is 13.9. The van der Waals surface area contributed by atoms with E-state index >= 15 is 0 Å². The zero-order valence-corrected chi connectivity index (χ0v) is 8.02. The minimum absolute atomic E-state index is 1.05. The minimum Gasteiger partial charge on any atom is -0.0882 e. The molecule has 0 aromatic rings. The zero-order chi connectivity index (χ0) is 9.19. The van der Waals surface area contributed by atoms with E-state index in [4.69, 9.17) is 0 Å². The fraction of sp³-hybridized carbons (Fsp3) is 0.308. The lowest BCUT2D eigenvalue weighted by atomic mass is 10.2. The molecule has 0 spiro atoms. The van der Waals surface area contributed by atoms with Gasteiger partial charge in [0.15, 0.2) is 0 Å². The lowest BCUT2D eigenvalue weighted by Crippen LogP contribution is -1.68. The standard InChI is InChI=1S/C13H17/c1-2-4-6-8-10-12-13-11-9-7-5-3-1/h1-7,10,12H,8-9,11,13H2. The van der Waals surface area contributed by atoms with Crippen molar-refractivity contribution in [1.82, 2.24) is 0 Å². The van der Waals surface area contributed by atoms with Crippen LogP contribution >= 0.6 is 0 Å². The fourth-order valence-electron chi connectivity index (χ4n) is 1.17. The van der Waals surface area contributed by atoms with E-state index < -0.39 is 0 Å². The Morgan fingerprint density at radius 2 is 1.54 bits per heavy atom. The van der Waals surface area contributed by atoms with Gasteiger partial charge in [0.1, 0.15) is 0 Å². The van der Waals surface area contributed by atoms with E-state index in [2.05, 4.69) is 55.0 Å². The smallest absolute Gasteiger partial charge is 0.00474 e. The van der Waals surface area contributed by atoms with Crippen LogP contribution in [0, 0.1) is 6.42 Å². The Morgan fingerprint density at radius 3 is 2.54 bits per heavy atom. The van der Waals surface area contributed by atoms with Crippen molar-refractivity contribution in [2.75, 3.05) is 0 Å². The fourth-order valence-corrected chi connectivity index (χ4v) is 1.17. The summed E-state index contributed by atoms with van der Waals surface area (Å²) in [5.41, 5.74) is 0. The predicted molar refractivity (Wildman–Crippen MR) is 59.3 cm³/mol. The highest BCUT2D eigenvalue weighted by molar-refractivity contribution is 5.14. The normalized spacial score (nSPS) is 19.1. The molecule has 0 amide bonds. The molecule has 0 unspecified atom stereocenters. The average molecular weight is 173 g/mol. The van der Waals surface area contributed by atoms with Crippen LogP contribution in [0.2, 0.25) is 0 Å². The van der Waals surface area contributed by atoms with E-state index in [-0.39, 0.29) is 0 Å². The van der Waals surface area contributed by atoms with E-state index in [1.54, 1.807) is 0 Å². The van der Waals surface area contributed by atoms with Crippen LogP contribution in [0.25, 0.3) is 0 Å². The van der Waals surface area contributed by atoms with Crippen LogP contribution in [0.5, 0.6) is 0 Å². The molecule has 0 N–H and O–H groups in total. The SMILES string of the molecule is [CH]1C=CC=CCCCC=CCC=C1.